The molecule has 0 atom stereocenters. The minimum absolute atomic E-state index is 0.266. The lowest BCUT2D eigenvalue weighted by Crippen LogP contribution is -2.28. The molecule has 6 nitrogen and oxygen atoms in total. The number of anilines is 2. The molecule has 3 N–H and O–H groups in total. The first-order chi connectivity index (χ1) is 8.11. The van der Waals surface area contributed by atoms with Crippen LogP contribution in [-0.4, -0.2) is 33.0 Å². The molecule has 0 amide bonds. The zero-order valence-corrected chi connectivity index (χ0v) is 10.4. The highest BCUT2D eigenvalue weighted by atomic mass is 15.2. The predicted molar refractivity (Wildman–Crippen MR) is 68.8 cm³/mol. The van der Waals surface area contributed by atoms with Crippen molar-refractivity contribution in [1.82, 2.24) is 19.9 Å². The molecule has 0 aliphatic heterocycles. The first kappa shape index (κ1) is 11.6. The van der Waals surface area contributed by atoms with Gasteiger partial charge in [-0.3, -0.25) is 0 Å². The average Bonchev–Trinajstić information content (AvgIpc) is 2.72. The van der Waals surface area contributed by atoms with Crippen molar-refractivity contribution in [2.75, 3.05) is 23.7 Å². The fraction of sp³-hybridized carbons (Fsp3) is 0.545. The topological polar surface area (TPSA) is 83.7 Å². The maximum atomic E-state index is 5.70. The monoisotopic (exact) mass is 234 g/mol. The van der Waals surface area contributed by atoms with E-state index in [4.69, 9.17) is 5.73 Å². The summed E-state index contributed by atoms with van der Waals surface area (Å²) in [5.74, 6) is 1.66. The molecule has 6 heteroatoms. The lowest BCUT2D eigenvalue weighted by atomic mass is 10.2. The summed E-state index contributed by atoms with van der Waals surface area (Å²) >= 11 is 0. The average molecular weight is 234 g/mol. The molecule has 0 aliphatic carbocycles. The molecule has 0 unspecified atom stereocenters. The molecule has 0 spiro atoms. The molecular formula is C11H18N6. The molecule has 0 aliphatic rings. The van der Waals surface area contributed by atoms with E-state index in [1.807, 2.05) is 0 Å². The number of nitrogens with zero attached hydrogens (tertiary/aromatic N) is 4. The van der Waals surface area contributed by atoms with Crippen molar-refractivity contribution in [2.24, 2.45) is 5.92 Å². The van der Waals surface area contributed by atoms with Crippen molar-refractivity contribution in [3.8, 4) is 0 Å². The van der Waals surface area contributed by atoms with E-state index < -0.39 is 0 Å². The van der Waals surface area contributed by atoms with Gasteiger partial charge < -0.3 is 15.6 Å². The molecule has 0 saturated heterocycles. The molecule has 0 radical (unpaired) electrons. The van der Waals surface area contributed by atoms with Gasteiger partial charge in [0.05, 0.1) is 6.33 Å². The van der Waals surface area contributed by atoms with Gasteiger partial charge >= 0.3 is 0 Å². The standard InChI is InChI=1S/C11H18N6/c1-4-17(5-7(2)3)10-8-9(14-6-13-8)15-11(12)16-10/h6-7H,4-5H2,1-3H3,(H3,12,13,14,15,16). The van der Waals surface area contributed by atoms with Gasteiger partial charge in [-0.2, -0.15) is 9.97 Å². The third-order valence-electron chi connectivity index (χ3n) is 2.55. The number of hydrogen-bond acceptors (Lipinski definition) is 5. The third-order valence-corrected chi connectivity index (χ3v) is 2.55. The van der Waals surface area contributed by atoms with Crippen LogP contribution in [0.5, 0.6) is 0 Å². The van der Waals surface area contributed by atoms with Gasteiger partial charge in [0, 0.05) is 13.1 Å². The SMILES string of the molecule is CCN(CC(C)C)c1nc(N)nc2nc[nH]c12. The molecule has 0 saturated carbocycles. The van der Waals surface area contributed by atoms with Crippen LogP contribution in [0, 0.1) is 5.92 Å². The van der Waals surface area contributed by atoms with Crippen LogP contribution in [0.1, 0.15) is 20.8 Å². The van der Waals surface area contributed by atoms with Crippen LogP contribution in [0.3, 0.4) is 0 Å². The second kappa shape index (κ2) is 4.57. The highest BCUT2D eigenvalue weighted by molar-refractivity contribution is 5.84. The Bertz CT molecular complexity index is 504. The van der Waals surface area contributed by atoms with Crippen LogP contribution in [0.25, 0.3) is 11.2 Å². The fourth-order valence-corrected chi connectivity index (χ4v) is 1.87. The summed E-state index contributed by atoms with van der Waals surface area (Å²) in [4.78, 5) is 17.8. The van der Waals surface area contributed by atoms with Gasteiger partial charge in [0.25, 0.3) is 0 Å². The number of hydrogen-bond donors (Lipinski definition) is 2. The number of fused-ring (bicyclic) bond motifs is 1. The molecular weight excluding hydrogens is 216 g/mol. The largest absolute Gasteiger partial charge is 0.368 e. The summed E-state index contributed by atoms with van der Waals surface area (Å²) in [5.41, 5.74) is 7.17. The van der Waals surface area contributed by atoms with Crippen LogP contribution >= 0.6 is 0 Å². The highest BCUT2D eigenvalue weighted by Gasteiger charge is 2.15. The third kappa shape index (κ3) is 2.30. The minimum Gasteiger partial charge on any atom is -0.368 e. The minimum atomic E-state index is 0.266. The van der Waals surface area contributed by atoms with Gasteiger partial charge in [0.1, 0.15) is 5.52 Å². The lowest BCUT2D eigenvalue weighted by molar-refractivity contribution is 0.615. The molecule has 92 valence electrons. The van der Waals surface area contributed by atoms with Crippen LogP contribution in [-0.2, 0) is 0 Å². The van der Waals surface area contributed by atoms with Crippen molar-refractivity contribution in [2.45, 2.75) is 20.8 Å². The number of H-pyrrole nitrogens is 1. The van der Waals surface area contributed by atoms with E-state index in [0.29, 0.717) is 11.6 Å². The second-order valence-electron chi connectivity index (χ2n) is 4.44. The Morgan fingerprint density at radius 1 is 1.41 bits per heavy atom. The zero-order valence-electron chi connectivity index (χ0n) is 10.4. The van der Waals surface area contributed by atoms with Crippen molar-refractivity contribution in [3.05, 3.63) is 6.33 Å². The van der Waals surface area contributed by atoms with E-state index in [0.717, 1.165) is 24.4 Å². The lowest BCUT2D eigenvalue weighted by Gasteiger charge is -2.24. The molecule has 0 fully saturated rings. The van der Waals surface area contributed by atoms with Gasteiger partial charge in [-0.05, 0) is 12.8 Å². The summed E-state index contributed by atoms with van der Waals surface area (Å²) in [6, 6.07) is 0. The number of rotatable bonds is 4. The molecule has 0 bridgehead atoms. The summed E-state index contributed by atoms with van der Waals surface area (Å²) in [7, 11) is 0. The quantitative estimate of drug-likeness (QED) is 0.835. The van der Waals surface area contributed by atoms with E-state index in [1.165, 1.54) is 0 Å². The van der Waals surface area contributed by atoms with Crippen molar-refractivity contribution >= 4 is 22.9 Å². The number of nitrogens with two attached hydrogens (primary N) is 1. The Labute approximate surface area is 100 Å². The van der Waals surface area contributed by atoms with Gasteiger partial charge in [-0.1, -0.05) is 13.8 Å². The number of nitrogen functional groups attached to an aromatic ring is 1. The Morgan fingerprint density at radius 3 is 2.82 bits per heavy atom. The predicted octanol–water partition coefficient (Wildman–Crippen LogP) is 1.42. The molecule has 2 heterocycles. The van der Waals surface area contributed by atoms with Gasteiger partial charge in [0.2, 0.25) is 5.95 Å². The maximum absolute atomic E-state index is 5.70. The molecule has 17 heavy (non-hydrogen) atoms. The molecule has 2 rings (SSSR count). The van der Waals surface area contributed by atoms with Crippen LogP contribution < -0.4 is 10.6 Å². The summed E-state index contributed by atoms with van der Waals surface area (Å²) in [6.07, 6.45) is 1.62. The Kier molecular flexibility index (Phi) is 3.12. The number of nitrogens with one attached hydrogen (secondary N) is 1. The summed E-state index contributed by atoms with van der Waals surface area (Å²) in [6.45, 7) is 8.27. The van der Waals surface area contributed by atoms with Gasteiger partial charge in [0.15, 0.2) is 11.5 Å². The van der Waals surface area contributed by atoms with Crippen molar-refractivity contribution < 1.29 is 0 Å². The summed E-state index contributed by atoms with van der Waals surface area (Å²) in [5, 5.41) is 0. The van der Waals surface area contributed by atoms with Gasteiger partial charge in [-0.15, -0.1) is 0 Å². The Balaban J connectivity index is 2.47. The summed E-state index contributed by atoms with van der Waals surface area (Å²) < 4.78 is 0. The first-order valence-corrected chi connectivity index (χ1v) is 5.83. The van der Waals surface area contributed by atoms with Crippen molar-refractivity contribution in [3.63, 3.8) is 0 Å². The zero-order chi connectivity index (χ0) is 12.4. The normalized spacial score (nSPS) is 11.3. The maximum Gasteiger partial charge on any atom is 0.224 e. The van der Waals surface area contributed by atoms with Crippen LogP contribution in [0.2, 0.25) is 0 Å². The number of aromatic amines is 1. The van der Waals surface area contributed by atoms with E-state index in [-0.39, 0.29) is 5.95 Å². The Morgan fingerprint density at radius 2 is 2.18 bits per heavy atom. The molecule has 2 aromatic rings. The highest BCUT2D eigenvalue weighted by Crippen LogP contribution is 2.22. The fourth-order valence-electron chi connectivity index (χ4n) is 1.87. The van der Waals surface area contributed by atoms with E-state index in [1.54, 1.807) is 6.33 Å². The van der Waals surface area contributed by atoms with Gasteiger partial charge in [-0.25, -0.2) is 4.98 Å². The first-order valence-electron chi connectivity index (χ1n) is 5.83. The molecule has 0 aromatic carbocycles. The van der Waals surface area contributed by atoms with E-state index in [2.05, 4.69) is 45.6 Å². The molecule has 2 aromatic heterocycles. The second-order valence-corrected chi connectivity index (χ2v) is 4.44. The van der Waals surface area contributed by atoms with Crippen LogP contribution in [0.15, 0.2) is 6.33 Å². The van der Waals surface area contributed by atoms with E-state index >= 15 is 0 Å². The number of imidazole rings is 1. The van der Waals surface area contributed by atoms with Crippen LogP contribution in [0.4, 0.5) is 11.8 Å². The smallest absolute Gasteiger partial charge is 0.224 e. The Hall–Kier alpha value is -1.85. The number of aromatic nitrogens is 4. The van der Waals surface area contributed by atoms with Crippen molar-refractivity contribution in [1.29, 1.82) is 0 Å². The van der Waals surface area contributed by atoms with E-state index in [9.17, 15) is 0 Å².